The van der Waals surface area contributed by atoms with Crippen molar-refractivity contribution in [2.75, 3.05) is 6.61 Å². The van der Waals surface area contributed by atoms with Crippen molar-refractivity contribution < 1.29 is 42.8 Å². The number of benzene rings is 2. The van der Waals surface area contributed by atoms with Gasteiger partial charge in [-0.3, -0.25) is 19.8 Å². The molecule has 1 heterocycles. The SMILES string of the molecule is CC(=O)OC[C@H]1OC(OC(=N)C(Cl)(Cl)Cl)[C@H](OC(C)=O)[C@@H](OCc2ccc3ccccc3c2)[C@H]1OC(C)=O. The fraction of sp³-hybridized carbons (Fsp3) is 0.440. The van der Waals surface area contributed by atoms with E-state index in [4.69, 9.17) is 68.6 Å². The van der Waals surface area contributed by atoms with Crippen molar-refractivity contribution in [3.63, 3.8) is 0 Å². The summed E-state index contributed by atoms with van der Waals surface area (Å²) in [6.45, 7) is 3.12. The Hall–Kier alpha value is -2.63. The van der Waals surface area contributed by atoms with Crippen LogP contribution in [0.25, 0.3) is 10.8 Å². The molecule has 0 aromatic heterocycles. The van der Waals surface area contributed by atoms with Gasteiger partial charge in [-0.2, -0.15) is 0 Å². The van der Waals surface area contributed by atoms with Crippen LogP contribution in [0.3, 0.4) is 0 Å². The zero-order valence-electron chi connectivity index (χ0n) is 20.7. The molecule has 1 aliphatic rings. The second-order valence-electron chi connectivity index (χ2n) is 8.40. The molecule has 206 valence electrons. The van der Waals surface area contributed by atoms with E-state index in [0.717, 1.165) is 23.3 Å². The predicted molar refractivity (Wildman–Crippen MR) is 138 cm³/mol. The highest BCUT2D eigenvalue weighted by molar-refractivity contribution is 6.76. The summed E-state index contributed by atoms with van der Waals surface area (Å²) >= 11 is 17.3. The van der Waals surface area contributed by atoms with Crippen LogP contribution in [0, 0.1) is 5.41 Å². The van der Waals surface area contributed by atoms with E-state index in [0.29, 0.717) is 0 Å². The number of nitrogens with one attached hydrogen (secondary N) is 1. The van der Waals surface area contributed by atoms with Crippen LogP contribution in [0.1, 0.15) is 26.3 Å². The van der Waals surface area contributed by atoms with Gasteiger partial charge in [-0.1, -0.05) is 71.2 Å². The monoisotopic (exact) mass is 589 g/mol. The molecular formula is C25H26Cl3NO9. The molecule has 1 fully saturated rings. The van der Waals surface area contributed by atoms with Gasteiger partial charge in [0.2, 0.25) is 12.2 Å². The molecule has 13 heteroatoms. The first-order chi connectivity index (χ1) is 17.8. The molecular weight excluding hydrogens is 565 g/mol. The zero-order chi connectivity index (χ0) is 28.0. The molecule has 3 rings (SSSR count). The van der Waals surface area contributed by atoms with E-state index in [1.807, 2.05) is 42.5 Å². The zero-order valence-corrected chi connectivity index (χ0v) is 22.9. The predicted octanol–water partition coefficient (Wildman–Crippen LogP) is 4.24. The van der Waals surface area contributed by atoms with Crippen LogP contribution in [0.4, 0.5) is 0 Å². The molecule has 1 unspecified atom stereocenters. The highest BCUT2D eigenvalue weighted by Crippen LogP contribution is 2.34. The lowest BCUT2D eigenvalue weighted by Gasteiger charge is -2.44. The van der Waals surface area contributed by atoms with Crippen LogP contribution >= 0.6 is 34.8 Å². The average molecular weight is 591 g/mol. The molecule has 5 atom stereocenters. The van der Waals surface area contributed by atoms with Crippen molar-refractivity contribution >= 4 is 69.4 Å². The maximum Gasteiger partial charge on any atom is 0.303 e. The van der Waals surface area contributed by atoms with Gasteiger partial charge >= 0.3 is 17.9 Å². The second kappa shape index (κ2) is 12.9. The Morgan fingerprint density at radius 2 is 1.50 bits per heavy atom. The lowest BCUT2D eigenvalue weighted by Crippen LogP contribution is -2.63. The van der Waals surface area contributed by atoms with E-state index in [-0.39, 0.29) is 13.2 Å². The van der Waals surface area contributed by atoms with Gasteiger partial charge in [0.25, 0.3) is 3.79 Å². The summed E-state index contributed by atoms with van der Waals surface area (Å²) in [5, 5.41) is 9.97. The van der Waals surface area contributed by atoms with Crippen molar-refractivity contribution in [1.82, 2.24) is 0 Å². The summed E-state index contributed by atoms with van der Waals surface area (Å²) in [5.41, 5.74) is 0.765. The first kappa shape index (κ1) is 29.9. The number of ether oxygens (including phenoxy) is 6. The number of fused-ring (bicyclic) bond motifs is 1. The van der Waals surface area contributed by atoms with Crippen molar-refractivity contribution in [1.29, 1.82) is 5.41 Å². The summed E-state index contributed by atoms with van der Waals surface area (Å²) in [6, 6.07) is 13.4. The first-order valence-corrected chi connectivity index (χ1v) is 12.5. The van der Waals surface area contributed by atoms with E-state index in [9.17, 15) is 14.4 Å². The van der Waals surface area contributed by atoms with E-state index in [1.165, 1.54) is 13.8 Å². The number of carbonyl (C=O) groups excluding carboxylic acids is 3. The number of hydrogen-bond donors (Lipinski definition) is 1. The van der Waals surface area contributed by atoms with Gasteiger partial charge in [0.1, 0.15) is 18.8 Å². The van der Waals surface area contributed by atoms with Crippen molar-refractivity contribution in [2.45, 2.75) is 61.9 Å². The molecule has 0 bridgehead atoms. The average Bonchev–Trinajstić information content (AvgIpc) is 2.82. The van der Waals surface area contributed by atoms with Gasteiger partial charge in [0.05, 0.1) is 6.61 Å². The third kappa shape index (κ3) is 8.18. The van der Waals surface area contributed by atoms with Gasteiger partial charge in [-0.15, -0.1) is 0 Å². The quantitative estimate of drug-likeness (QED) is 0.158. The fourth-order valence-corrected chi connectivity index (χ4v) is 3.99. The topological polar surface area (TPSA) is 130 Å². The van der Waals surface area contributed by atoms with Crippen molar-refractivity contribution in [3.8, 4) is 0 Å². The van der Waals surface area contributed by atoms with E-state index >= 15 is 0 Å². The van der Waals surface area contributed by atoms with Gasteiger partial charge in [-0.25, -0.2) is 0 Å². The minimum atomic E-state index is -2.26. The molecule has 1 aliphatic heterocycles. The number of hydrogen-bond acceptors (Lipinski definition) is 10. The number of carbonyl (C=O) groups is 3. The third-order valence-corrected chi connectivity index (χ3v) is 5.91. The first-order valence-electron chi connectivity index (χ1n) is 11.4. The Morgan fingerprint density at radius 3 is 2.11 bits per heavy atom. The molecule has 1 saturated heterocycles. The van der Waals surface area contributed by atoms with Crippen LogP contribution in [-0.4, -0.2) is 64.9 Å². The molecule has 10 nitrogen and oxygen atoms in total. The van der Waals surface area contributed by atoms with E-state index in [2.05, 4.69) is 0 Å². The third-order valence-electron chi connectivity index (χ3n) is 5.39. The second-order valence-corrected chi connectivity index (χ2v) is 10.7. The number of alkyl halides is 3. The minimum absolute atomic E-state index is 0.0000611. The summed E-state index contributed by atoms with van der Waals surface area (Å²) in [7, 11) is 0. The Kier molecular flexibility index (Phi) is 10.2. The minimum Gasteiger partial charge on any atom is -0.463 e. The summed E-state index contributed by atoms with van der Waals surface area (Å²) in [4.78, 5) is 35.6. The van der Waals surface area contributed by atoms with Crippen LogP contribution < -0.4 is 0 Å². The number of halogens is 3. The normalized spacial score (nSPS) is 23.4. The maximum absolute atomic E-state index is 12.0. The Balaban J connectivity index is 1.98. The number of rotatable bonds is 8. The molecule has 0 aliphatic carbocycles. The van der Waals surface area contributed by atoms with Gasteiger partial charge in [0, 0.05) is 20.8 Å². The highest BCUT2D eigenvalue weighted by atomic mass is 35.6. The maximum atomic E-state index is 12.0. The summed E-state index contributed by atoms with van der Waals surface area (Å²) in [6.07, 6.45) is -6.48. The van der Waals surface area contributed by atoms with Crippen LogP contribution in [-0.2, 0) is 49.4 Å². The van der Waals surface area contributed by atoms with Gasteiger partial charge in [0.15, 0.2) is 12.2 Å². The largest absolute Gasteiger partial charge is 0.463 e. The molecule has 1 N–H and O–H groups in total. The molecule has 0 saturated carbocycles. The van der Waals surface area contributed by atoms with Gasteiger partial charge < -0.3 is 28.4 Å². The summed E-state index contributed by atoms with van der Waals surface area (Å²) < 4.78 is 31.1. The molecule has 38 heavy (non-hydrogen) atoms. The van der Waals surface area contributed by atoms with Crippen LogP contribution in [0.15, 0.2) is 42.5 Å². The van der Waals surface area contributed by atoms with Crippen LogP contribution in [0.5, 0.6) is 0 Å². The van der Waals surface area contributed by atoms with Crippen molar-refractivity contribution in [3.05, 3.63) is 48.0 Å². The molecule has 0 radical (unpaired) electrons. The van der Waals surface area contributed by atoms with Crippen molar-refractivity contribution in [2.24, 2.45) is 0 Å². The highest BCUT2D eigenvalue weighted by Gasteiger charge is 2.53. The van der Waals surface area contributed by atoms with Crippen LogP contribution in [0.2, 0.25) is 0 Å². The molecule has 2 aromatic carbocycles. The van der Waals surface area contributed by atoms with E-state index in [1.54, 1.807) is 0 Å². The Bertz CT molecular complexity index is 1190. The Labute approximate surface area is 233 Å². The van der Waals surface area contributed by atoms with E-state index < -0.39 is 58.3 Å². The smallest absolute Gasteiger partial charge is 0.303 e. The Morgan fingerprint density at radius 1 is 0.868 bits per heavy atom. The lowest BCUT2D eigenvalue weighted by molar-refractivity contribution is -0.298. The van der Waals surface area contributed by atoms with Gasteiger partial charge in [-0.05, 0) is 22.4 Å². The molecule has 0 spiro atoms. The standard InChI is InChI=1S/C25H26Cl3NO9/c1-13(30)33-12-19-20(35-14(2)31)21(34-11-16-8-9-17-6-4-5-7-18(17)10-16)22(36-15(3)32)23(37-19)38-24(29)25(26,27)28/h4-10,19-23,29H,11-12H2,1-3H3/t19-,20+,21+,22-,23?/m1/s1. The number of esters is 3. The molecule has 2 aromatic rings. The summed E-state index contributed by atoms with van der Waals surface area (Å²) in [5.74, 6) is -2.89. The molecule has 0 amide bonds. The fourth-order valence-electron chi connectivity index (χ4n) is 3.85. The lowest BCUT2D eigenvalue weighted by atomic mass is 9.98.